The number of nitrogens with two attached hydrogens (primary N) is 1. The Labute approximate surface area is 123 Å². The number of hydrogen-bond donors (Lipinski definition) is 2. The molecule has 0 amide bonds. The maximum absolute atomic E-state index is 12.1. The Kier molecular flexibility index (Phi) is 4.29. The molecule has 2 rings (SSSR count). The van der Waals surface area contributed by atoms with Crippen molar-refractivity contribution < 1.29 is 8.42 Å². The highest BCUT2D eigenvalue weighted by atomic mass is 79.9. The molecule has 2 aromatic heterocycles. The van der Waals surface area contributed by atoms with Crippen LogP contribution in [-0.2, 0) is 23.1 Å². The first-order chi connectivity index (χ1) is 8.92. The van der Waals surface area contributed by atoms with Crippen molar-refractivity contribution in [3.63, 3.8) is 0 Å². The fraction of sp³-hybridized carbons (Fsp3) is 0.300. The molecule has 19 heavy (non-hydrogen) atoms. The van der Waals surface area contributed by atoms with Crippen molar-refractivity contribution in [2.75, 3.05) is 5.73 Å². The van der Waals surface area contributed by atoms with Gasteiger partial charge in [0, 0.05) is 34.0 Å². The van der Waals surface area contributed by atoms with Gasteiger partial charge in [0.15, 0.2) is 5.82 Å². The molecule has 0 atom stereocenters. The van der Waals surface area contributed by atoms with E-state index in [-0.39, 0.29) is 17.3 Å². The summed E-state index contributed by atoms with van der Waals surface area (Å²) in [5.41, 5.74) is 5.62. The van der Waals surface area contributed by atoms with Crippen molar-refractivity contribution >= 4 is 43.1 Å². The van der Waals surface area contributed by atoms with Crippen molar-refractivity contribution in [1.29, 1.82) is 0 Å². The van der Waals surface area contributed by atoms with Crippen LogP contribution < -0.4 is 10.5 Å². The summed E-state index contributed by atoms with van der Waals surface area (Å²) in [5, 5.41) is 5.82. The van der Waals surface area contributed by atoms with Crippen LogP contribution in [0.15, 0.2) is 27.0 Å². The minimum atomic E-state index is -3.64. The number of nitrogens with one attached hydrogen (secondary N) is 1. The van der Waals surface area contributed by atoms with Gasteiger partial charge in [-0.05, 0) is 28.9 Å². The SMILES string of the molecule is CCn1cc(S(=O)(=O)NCc2cc(Br)cs2)c(N)n1. The van der Waals surface area contributed by atoms with E-state index in [2.05, 4.69) is 25.8 Å². The second-order valence-corrected chi connectivity index (χ2v) is 7.44. The largest absolute Gasteiger partial charge is 0.381 e. The molecule has 0 aromatic carbocycles. The molecular formula is C10H13BrN4O2S2. The van der Waals surface area contributed by atoms with Crippen molar-refractivity contribution in [3.05, 3.63) is 27.0 Å². The summed E-state index contributed by atoms with van der Waals surface area (Å²) in [6.45, 7) is 2.66. The van der Waals surface area contributed by atoms with Gasteiger partial charge in [0.2, 0.25) is 10.0 Å². The summed E-state index contributed by atoms with van der Waals surface area (Å²) in [4.78, 5) is 0.932. The summed E-state index contributed by atoms with van der Waals surface area (Å²) < 4.78 is 29.2. The molecule has 0 aliphatic heterocycles. The molecule has 2 aromatic rings. The predicted octanol–water partition coefficient (Wildman–Crippen LogP) is 1.79. The highest BCUT2D eigenvalue weighted by Crippen LogP contribution is 2.21. The summed E-state index contributed by atoms with van der Waals surface area (Å²) in [7, 11) is -3.64. The van der Waals surface area contributed by atoms with Gasteiger partial charge in [0.1, 0.15) is 4.90 Å². The number of sulfonamides is 1. The summed E-state index contributed by atoms with van der Waals surface area (Å²) in [6.07, 6.45) is 1.43. The molecule has 2 heterocycles. The van der Waals surface area contributed by atoms with E-state index in [4.69, 9.17) is 5.73 Å². The standard InChI is InChI=1S/C10H13BrN4O2S2/c1-2-15-5-9(10(12)14-15)19(16,17)13-4-8-3-7(11)6-18-8/h3,5-6,13H,2,4H2,1H3,(H2,12,14). The second kappa shape index (κ2) is 5.61. The highest BCUT2D eigenvalue weighted by Gasteiger charge is 2.20. The molecule has 0 aliphatic rings. The van der Waals surface area contributed by atoms with Crippen LogP contribution in [0.25, 0.3) is 0 Å². The van der Waals surface area contributed by atoms with Gasteiger partial charge in [-0.3, -0.25) is 4.68 Å². The third kappa shape index (κ3) is 3.35. The maximum atomic E-state index is 12.1. The summed E-state index contributed by atoms with van der Waals surface area (Å²) in [6, 6.07) is 1.87. The van der Waals surface area contributed by atoms with Crippen molar-refractivity contribution in [1.82, 2.24) is 14.5 Å². The fourth-order valence-electron chi connectivity index (χ4n) is 1.48. The van der Waals surface area contributed by atoms with E-state index in [1.165, 1.54) is 22.2 Å². The number of rotatable bonds is 5. The molecule has 0 radical (unpaired) electrons. The van der Waals surface area contributed by atoms with Gasteiger partial charge in [-0.2, -0.15) is 5.10 Å². The normalized spacial score (nSPS) is 11.9. The molecule has 0 aliphatic carbocycles. The average molecular weight is 365 g/mol. The highest BCUT2D eigenvalue weighted by molar-refractivity contribution is 9.10. The molecular weight excluding hydrogens is 352 g/mol. The Morgan fingerprint density at radius 1 is 1.58 bits per heavy atom. The van der Waals surface area contributed by atoms with E-state index >= 15 is 0 Å². The number of hydrogen-bond acceptors (Lipinski definition) is 5. The van der Waals surface area contributed by atoms with Gasteiger partial charge in [0.05, 0.1) is 0 Å². The number of halogens is 1. The number of aryl methyl sites for hydroxylation is 1. The lowest BCUT2D eigenvalue weighted by atomic mass is 10.5. The van der Waals surface area contributed by atoms with E-state index in [9.17, 15) is 8.42 Å². The fourth-order valence-corrected chi connectivity index (χ4v) is 4.04. The first-order valence-corrected chi connectivity index (χ1v) is 8.63. The first-order valence-electron chi connectivity index (χ1n) is 5.48. The minimum Gasteiger partial charge on any atom is -0.381 e. The summed E-state index contributed by atoms with van der Waals surface area (Å²) in [5.74, 6) is 0.0155. The van der Waals surface area contributed by atoms with Gasteiger partial charge >= 0.3 is 0 Å². The van der Waals surface area contributed by atoms with Crippen molar-refractivity contribution in [2.24, 2.45) is 0 Å². The van der Waals surface area contributed by atoms with Crippen molar-refractivity contribution in [3.8, 4) is 0 Å². The van der Waals surface area contributed by atoms with Gasteiger partial charge in [-0.1, -0.05) is 0 Å². The van der Waals surface area contributed by atoms with Crippen LogP contribution in [0, 0.1) is 0 Å². The number of aromatic nitrogens is 2. The number of nitrogen functional groups attached to an aromatic ring is 1. The lowest BCUT2D eigenvalue weighted by Crippen LogP contribution is -2.23. The molecule has 0 spiro atoms. The Hall–Kier alpha value is -0.900. The number of thiophene rings is 1. The predicted molar refractivity (Wildman–Crippen MR) is 78.4 cm³/mol. The third-order valence-electron chi connectivity index (χ3n) is 2.43. The van der Waals surface area contributed by atoms with Crippen LogP contribution in [0.5, 0.6) is 0 Å². The molecule has 9 heteroatoms. The van der Waals surface area contributed by atoms with Crippen LogP contribution in [-0.4, -0.2) is 18.2 Å². The van der Waals surface area contributed by atoms with E-state index in [1.54, 1.807) is 0 Å². The Morgan fingerprint density at radius 2 is 2.32 bits per heavy atom. The molecule has 0 bridgehead atoms. The zero-order chi connectivity index (χ0) is 14.0. The molecule has 0 fully saturated rings. The van der Waals surface area contributed by atoms with Crippen LogP contribution in [0.4, 0.5) is 5.82 Å². The lowest BCUT2D eigenvalue weighted by molar-refractivity contribution is 0.581. The van der Waals surface area contributed by atoms with Crippen LogP contribution in [0.1, 0.15) is 11.8 Å². The van der Waals surface area contributed by atoms with Gasteiger partial charge < -0.3 is 5.73 Å². The molecule has 0 unspecified atom stereocenters. The molecule has 6 nitrogen and oxygen atoms in total. The van der Waals surface area contributed by atoms with Gasteiger partial charge in [-0.25, -0.2) is 13.1 Å². The van der Waals surface area contributed by atoms with E-state index in [0.717, 1.165) is 9.35 Å². The minimum absolute atomic E-state index is 0.0155. The van der Waals surface area contributed by atoms with E-state index in [1.807, 2.05) is 18.4 Å². The Balaban J connectivity index is 2.15. The average Bonchev–Trinajstić information content (AvgIpc) is 2.93. The zero-order valence-electron chi connectivity index (χ0n) is 10.1. The van der Waals surface area contributed by atoms with E-state index in [0.29, 0.717) is 6.54 Å². The third-order valence-corrected chi connectivity index (χ3v) is 5.54. The van der Waals surface area contributed by atoms with Crippen LogP contribution in [0.2, 0.25) is 0 Å². The topological polar surface area (TPSA) is 90.0 Å². The van der Waals surface area contributed by atoms with Crippen LogP contribution in [0.3, 0.4) is 0 Å². The summed E-state index contributed by atoms with van der Waals surface area (Å²) >= 11 is 4.80. The molecule has 3 N–H and O–H groups in total. The van der Waals surface area contributed by atoms with E-state index < -0.39 is 10.0 Å². The first kappa shape index (κ1) is 14.5. The quantitative estimate of drug-likeness (QED) is 0.845. The smallest absolute Gasteiger partial charge is 0.246 e. The zero-order valence-corrected chi connectivity index (χ0v) is 13.3. The van der Waals surface area contributed by atoms with Gasteiger partial charge in [-0.15, -0.1) is 11.3 Å². The molecule has 0 saturated heterocycles. The molecule has 104 valence electrons. The Bertz CT molecular complexity index is 678. The number of nitrogens with zero attached hydrogens (tertiary/aromatic N) is 2. The number of anilines is 1. The second-order valence-electron chi connectivity index (χ2n) is 3.79. The lowest BCUT2D eigenvalue weighted by Gasteiger charge is -2.03. The maximum Gasteiger partial charge on any atom is 0.246 e. The van der Waals surface area contributed by atoms with Crippen molar-refractivity contribution in [2.45, 2.75) is 24.9 Å². The Morgan fingerprint density at radius 3 is 2.84 bits per heavy atom. The van der Waals surface area contributed by atoms with Crippen LogP contribution >= 0.6 is 27.3 Å². The molecule has 0 saturated carbocycles. The monoisotopic (exact) mass is 364 g/mol. The van der Waals surface area contributed by atoms with Gasteiger partial charge in [0.25, 0.3) is 0 Å².